The lowest BCUT2D eigenvalue weighted by molar-refractivity contribution is 0.171. The average molecular weight is 248 g/mol. The Hall–Kier alpha value is -0.280. The van der Waals surface area contributed by atoms with E-state index in [0.29, 0.717) is 29.2 Å². The molecule has 4 heteroatoms. The molecule has 84 valence electrons. The van der Waals surface area contributed by atoms with Gasteiger partial charge in [-0.15, -0.1) is 0 Å². The molecule has 0 saturated heterocycles. The van der Waals surface area contributed by atoms with E-state index in [1.165, 1.54) is 0 Å². The van der Waals surface area contributed by atoms with Gasteiger partial charge in [0.05, 0.1) is 16.7 Å². The van der Waals surface area contributed by atoms with E-state index in [2.05, 4.69) is 12.2 Å². The highest BCUT2D eigenvalue weighted by molar-refractivity contribution is 6.42. The van der Waals surface area contributed by atoms with E-state index in [4.69, 9.17) is 27.9 Å². The van der Waals surface area contributed by atoms with Gasteiger partial charge in [-0.25, -0.2) is 0 Å². The maximum absolute atomic E-state index is 6.05. The van der Waals surface area contributed by atoms with Gasteiger partial charge < -0.3 is 10.1 Å². The predicted molar refractivity (Wildman–Crippen MR) is 64.6 cm³/mol. The van der Waals surface area contributed by atoms with Crippen LogP contribution < -0.4 is 5.32 Å². The van der Waals surface area contributed by atoms with E-state index in [1.807, 2.05) is 12.1 Å². The summed E-state index contributed by atoms with van der Waals surface area (Å²) in [4.78, 5) is 0. The molecule has 0 aliphatic carbocycles. The maximum Gasteiger partial charge on any atom is 0.0637 e. The van der Waals surface area contributed by atoms with Crippen LogP contribution in [0.3, 0.4) is 0 Å². The minimum atomic E-state index is 0.296. The normalized spacial score (nSPS) is 12.8. The van der Waals surface area contributed by atoms with Gasteiger partial charge in [-0.2, -0.15) is 0 Å². The molecule has 0 spiro atoms. The number of hydrogen-bond acceptors (Lipinski definition) is 2. The number of rotatable bonds is 5. The first kappa shape index (κ1) is 12.8. The van der Waals surface area contributed by atoms with E-state index in [-0.39, 0.29) is 0 Å². The van der Waals surface area contributed by atoms with Crippen molar-refractivity contribution in [2.24, 2.45) is 0 Å². The number of benzene rings is 1. The van der Waals surface area contributed by atoms with Crippen molar-refractivity contribution in [1.82, 2.24) is 5.32 Å². The molecule has 1 N–H and O–H groups in total. The molecule has 0 aromatic heterocycles. The first-order chi connectivity index (χ1) is 7.15. The molecule has 1 atom stereocenters. The minimum absolute atomic E-state index is 0.296. The molecule has 0 aliphatic heterocycles. The number of halogens is 2. The molecule has 2 nitrogen and oxygen atoms in total. The zero-order chi connectivity index (χ0) is 11.3. The Labute approximate surface area is 101 Å². The zero-order valence-corrected chi connectivity index (χ0v) is 10.4. The quantitative estimate of drug-likeness (QED) is 0.864. The average Bonchev–Trinajstić information content (AvgIpc) is 2.21. The summed E-state index contributed by atoms with van der Waals surface area (Å²) in [5, 5.41) is 4.51. The molecule has 1 aromatic carbocycles. The first-order valence-corrected chi connectivity index (χ1v) is 5.56. The maximum atomic E-state index is 6.05. The molecular weight excluding hydrogens is 233 g/mol. The third-order valence-electron chi connectivity index (χ3n) is 2.09. The van der Waals surface area contributed by atoms with Gasteiger partial charge in [-0.1, -0.05) is 35.3 Å². The summed E-state index contributed by atoms with van der Waals surface area (Å²) < 4.78 is 5.02. The Morgan fingerprint density at radius 2 is 2.13 bits per heavy atom. The van der Waals surface area contributed by atoms with E-state index >= 15 is 0 Å². The second-order valence-electron chi connectivity index (χ2n) is 3.45. The molecule has 15 heavy (non-hydrogen) atoms. The van der Waals surface area contributed by atoms with Crippen molar-refractivity contribution < 1.29 is 4.74 Å². The minimum Gasteiger partial charge on any atom is -0.383 e. The summed E-state index contributed by atoms with van der Waals surface area (Å²) in [6.45, 7) is 3.43. The summed E-state index contributed by atoms with van der Waals surface area (Å²) >= 11 is 12.0. The second kappa shape index (κ2) is 6.33. The number of nitrogens with one attached hydrogen (secondary N) is 1. The molecule has 0 amide bonds. The Morgan fingerprint density at radius 3 is 2.80 bits per heavy atom. The van der Waals surface area contributed by atoms with E-state index in [1.54, 1.807) is 13.2 Å². The summed E-state index contributed by atoms with van der Waals surface area (Å²) in [7, 11) is 1.69. The summed E-state index contributed by atoms with van der Waals surface area (Å²) in [5.41, 5.74) is 1.01. The van der Waals surface area contributed by atoms with Crippen LogP contribution in [0.5, 0.6) is 0 Å². The van der Waals surface area contributed by atoms with Gasteiger partial charge in [0.2, 0.25) is 0 Å². The van der Waals surface area contributed by atoms with Crippen molar-refractivity contribution in [3.05, 3.63) is 33.8 Å². The van der Waals surface area contributed by atoms with Crippen LogP contribution in [0.1, 0.15) is 12.5 Å². The molecule has 0 radical (unpaired) electrons. The fraction of sp³-hybridized carbons (Fsp3) is 0.455. The molecule has 0 aliphatic rings. The highest BCUT2D eigenvalue weighted by Gasteiger charge is 2.05. The molecule has 1 aromatic rings. The molecule has 0 heterocycles. The fourth-order valence-corrected chi connectivity index (χ4v) is 1.67. The van der Waals surface area contributed by atoms with Crippen molar-refractivity contribution in [3.63, 3.8) is 0 Å². The SMILES string of the molecule is COC[C@@H](C)NCc1cccc(Cl)c1Cl. The van der Waals surface area contributed by atoms with Crippen molar-refractivity contribution in [1.29, 1.82) is 0 Å². The summed E-state index contributed by atoms with van der Waals surface area (Å²) in [6.07, 6.45) is 0. The predicted octanol–water partition coefficient (Wildman–Crippen LogP) is 3.12. The van der Waals surface area contributed by atoms with Crippen LogP contribution in [0, 0.1) is 0 Å². The van der Waals surface area contributed by atoms with E-state index < -0.39 is 0 Å². The molecule has 0 bridgehead atoms. The number of hydrogen-bond donors (Lipinski definition) is 1. The molecule has 0 fully saturated rings. The lowest BCUT2D eigenvalue weighted by Crippen LogP contribution is -2.29. The van der Waals surface area contributed by atoms with Crippen LogP contribution in [0.15, 0.2) is 18.2 Å². The van der Waals surface area contributed by atoms with E-state index in [9.17, 15) is 0 Å². The second-order valence-corrected chi connectivity index (χ2v) is 4.24. The highest BCUT2D eigenvalue weighted by atomic mass is 35.5. The lowest BCUT2D eigenvalue weighted by Gasteiger charge is -2.13. The molecule has 0 saturated carbocycles. The van der Waals surface area contributed by atoms with Crippen LogP contribution in [0.25, 0.3) is 0 Å². The number of ether oxygens (including phenoxy) is 1. The first-order valence-electron chi connectivity index (χ1n) is 4.80. The Morgan fingerprint density at radius 1 is 1.40 bits per heavy atom. The van der Waals surface area contributed by atoms with Crippen LogP contribution in [0.4, 0.5) is 0 Å². The van der Waals surface area contributed by atoms with E-state index in [0.717, 1.165) is 5.56 Å². The van der Waals surface area contributed by atoms with Crippen LogP contribution in [-0.4, -0.2) is 19.8 Å². The van der Waals surface area contributed by atoms with Gasteiger partial charge >= 0.3 is 0 Å². The van der Waals surface area contributed by atoms with Crippen LogP contribution >= 0.6 is 23.2 Å². The molecular formula is C11H15Cl2NO. The van der Waals surface area contributed by atoms with Crippen molar-refractivity contribution in [2.75, 3.05) is 13.7 Å². The van der Waals surface area contributed by atoms with Crippen LogP contribution in [-0.2, 0) is 11.3 Å². The van der Waals surface area contributed by atoms with Gasteiger partial charge in [0.15, 0.2) is 0 Å². The summed E-state index contributed by atoms with van der Waals surface area (Å²) in [5.74, 6) is 0. The van der Waals surface area contributed by atoms with Gasteiger partial charge in [0.25, 0.3) is 0 Å². The standard InChI is InChI=1S/C11H15Cl2NO/c1-8(7-15-2)14-6-9-4-3-5-10(12)11(9)13/h3-5,8,14H,6-7H2,1-2H3/t8-/m1/s1. The number of methoxy groups -OCH3 is 1. The fourth-order valence-electron chi connectivity index (χ4n) is 1.28. The van der Waals surface area contributed by atoms with Gasteiger partial charge in [-0.05, 0) is 18.6 Å². The Balaban J connectivity index is 2.54. The largest absolute Gasteiger partial charge is 0.383 e. The third kappa shape index (κ3) is 3.99. The summed E-state index contributed by atoms with van der Waals surface area (Å²) in [6, 6.07) is 5.93. The smallest absolute Gasteiger partial charge is 0.0637 e. The van der Waals surface area contributed by atoms with Gasteiger partial charge in [-0.3, -0.25) is 0 Å². The monoisotopic (exact) mass is 247 g/mol. The Kier molecular flexibility index (Phi) is 5.40. The highest BCUT2D eigenvalue weighted by Crippen LogP contribution is 2.25. The molecule has 1 rings (SSSR count). The van der Waals surface area contributed by atoms with Gasteiger partial charge in [0, 0.05) is 19.7 Å². The molecule has 0 unspecified atom stereocenters. The van der Waals surface area contributed by atoms with Crippen molar-refractivity contribution >= 4 is 23.2 Å². The Bertz CT molecular complexity index is 317. The third-order valence-corrected chi connectivity index (χ3v) is 2.95. The van der Waals surface area contributed by atoms with Crippen LogP contribution in [0.2, 0.25) is 10.0 Å². The van der Waals surface area contributed by atoms with Crippen molar-refractivity contribution in [2.45, 2.75) is 19.5 Å². The zero-order valence-electron chi connectivity index (χ0n) is 8.89. The topological polar surface area (TPSA) is 21.3 Å². The lowest BCUT2D eigenvalue weighted by atomic mass is 10.2. The van der Waals surface area contributed by atoms with Crippen molar-refractivity contribution in [3.8, 4) is 0 Å². The van der Waals surface area contributed by atoms with Gasteiger partial charge in [0.1, 0.15) is 0 Å².